The number of aromatic nitrogens is 4. The zero-order chi connectivity index (χ0) is 59.5. The molecule has 0 spiro atoms. The highest BCUT2D eigenvalue weighted by molar-refractivity contribution is 6.20. The van der Waals surface area contributed by atoms with E-state index in [-0.39, 0.29) is 41.2 Å². The molecule has 2 atom stereocenters. The van der Waals surface area contributed by atoms with E-state index in [2.05, 4.69) is 36.0 Å². The summed E-state index contributed by atoms with van der Waals surface area (Å²) in [7, 11) is 0. The Balaban J connectivity index is 0.000000162. The van der Waals surface area contributed by atoms with Gasteiger partial charge in [-0.2, -0.15) is 5.48 Å². The largest absolute Gasteiger partial charge is 0.507 e. The minimum absolute atomic E-state index is 0.0491. The summed E-state index contributed by atoms with van der Waals surface area (Å²) in [5, 5.41) is 23.3. The summed E-state index contributed by atoms with van der Waals surface area (Å²) >= 11 is 12.8. The minimum atomic E-state index is -0.733. The Kier molecular flexibility index (Phi) is 14.1. The average Bonchev–Trinajstić information content (AvgIpc) is 2.14. The number of halogens is 2. The highest BCUT2D eigenvalue weighted by Gasteiger charge is 2.37. The van der Waals surface area contributed by atoms with Crippen molar-refractivity contribution in [1.29, 1.82) is 0 Å². The number of carbonyl (C=O) groups excluding carboxylic acids is 5. The first-order valence-corrected chi connectivity index (χ1v) is 28.9. The fourth-order valence-corrected chi connectivity index (χ4v) is 12.2. The third kappa shape index (κ3) is 10.4. The maximum Gasteiger partial charge on any atom is 0.441 e. The number of hydrogen-bond acceptors (Lipinski definition) is 8. The molecular weight excluding hydrogens is 1130 g/mol. The van der Waals surface area contributed by atoms with Crippen molar-refractivity contribution >= 4 is 141 Å². The molecule has 430 valence electrons. The molecule has 5 amide bonds. The average molecular weight is 1190 g/mol. The number of alkyl halides is 2. The van der Waals surface area contributed by atoms with Crippen molar-refractivity contribution in [3.8, 4) is 11.5 Å². The number of anilines is 4. The molecule has 19 heteroatoms. The van der Waals surface area contributed by atoms with Crippen LogP contribution in [0.4, 0.5) is 27.5 Å². The van der Waals surface area contributed by atoms with Gasteiger partial charge in [-0.1, -0.05) is 84.9 Å². The smallest absolute Gasteiger partial charge is 0.441 e. The van der Waals surface area contributed by atoms with Crippen molar-refractivity contribution in [3.05, 3.63) is 204 Å². The zero-order valence-electron chi connectivity index (χ0n) is 46.6. The Morgan fingerprint density at radius 2 is 0.930 bits per heavy atom. The molecule has 0 fully saturated rings. The maximum absolute atomic E-state index is 14.1. The van der Waals surface area contributed by atoms with E-state index in [4.69, 9.17) is 32.8 Å². The molecule has 0 bridgehead atoms. The van der Waals surface area contributed by atoms with Crippen LogP contribution in [-0.4, -0.2) is 85.2 Å². The van der Waals surface area contributed by atoms with Gasteiger partial charge in [-0.3, -0.25) is 19.2 Å². The summed E-state index contributed by atoms with van der Waals surface area (Å²) in [5.74, 6) is 0.0232. The lowest BCUT2D eigenvalue weighted by Gasteiger charge is -2.21. The molecule has 0 saturated carbocycles. The molecule has 12 aromatic rings. The number of carbonyl (C=O) groups is 5. The number of hydroxylamine groups is 1. The first kappa shape index (κ1) is 55.0. The van der Waals surface area contributed by atoms with Gasteiger partial charge < -0.3 is 55.1 Å². The molecular formula is C67H55Cl2N9O8. The number of aromatic hydroxyl groups is 1. The minimum Gasteiger partial charge on any atom is -0.507 e. The second kappa shape index (κ2) is 22.1. The highest BCUT2D eigenvalue weighted by Crippen LogP contribution is 2.48. The second-order valence-corrected chi connectivity index (χ2v) is 23.0. The molecule has 2 aliphatic heterocycles. The molecule has 8 N–H and O–H groups in total. The number of aromatic amines is 4. The first-order chi connectivity index (χ1) is 41.6. The first-order valence-electron chi connectivity index (χ1n) is 27.8. The van der Waals surface area contributed by atoms with Crippen LogP contribution in [0.5, 0.6) is 11.5 Å². The van der Waals surface area contributed by atoms with E-state index < -0.39 is 11.7 Å². The fourth-order valence-electron chi connectivity index (χ4n) is 11.7. The summed E-state index contributed by atoms with van der Waals surface area (Å²) in [6, 6.07) is 52.2. The van der Waals surface area contributed by atoms with Crippen LogP contribution in [0.2, 0.25) is 0 Å². The number of H-pyrrole nitrogens is 4. The van der Waals surface area contributed by atoms with Gasteiger partial charge in [-0.25, -0.2) is 4.79 Å². The fraction of sp³-hybridized carbons (Fsp3) is 0.149. The van der Waals surface area contributed by atoms with E-state index in [0.717, 1.165) is 76.3 Å². The summed E-state index contributed by atoms with van der Waals surface area (Å²) in [6.45, 7) is 6.08. The molecule has 14 rings (SSSR count). The van der Waals surface area contributed by atoms with Crippen molar-refractivity contribution in [2.75, 3.05) is 45.3 Å². The van der Waals surface area contributed by atoms with Crippen LogP contribution in [0.3, 0.4) is 0 Å². The van der Waals surface area contributed by atoms with Crippen LogP contribution >= 0.6 is 23.2 Å². The van der Waals surface area contributed by atoms with Gasteiger partial charge >= 0.3 is 6.09 Å². The molecule has 4 aromatic heterocycles. The van der Waals surface area contributed by atoms with Crippen molar-refractivity contribution < 1.29 is 38.7 Å². The molecule has 86 heavy (non-hydrogen) atoms. The predicted octanol–water partition coefficient (Wildman–Crippen LogP) is 14.6. The Hall–Kier alpha value is -10.2. The molecule has 6 heterocycles. The Morgan fingerprint density at radius 1 is 0.512 bits per heavy atom. The maximum atomic E-state index is 14.1. The third-order valence-electron chi connectivity index (χ3n) is 15.5. The van der Waals surface area contributed by atoms with E-state index in [9.17, 15) is 29.1 Å². The van der Waals surface area contributed by atoms with Crippen LogP contribution in [0.25, 0.3) is 65.2 Å². The lowest BCUT2D eigenvalue weighted by atomic mass is 9.95. The van der Waals surface area contributed by atoms with Crippen molar-refractivity contribution in [2.45, 2.75) is 38.2 Å². The number of ether oxygens (including phenoxy) is 1. The van der Waals surface area contributed by atoms with E-state index in [1.54, 1.807) is 67.0 Å². The Labute approximate surface area is 501 Å². The number of hydrogen-bond donors (Lipinski definition) is 8. The van der Waals surface area contributed by atoms with Gasteiger partial charge in [0.15, 0.2) is 5.75 Å². The predicted molar refractivity (Wildman–Crippen MR) is 339 cm³/mol. The monoisotopic (exact) mass is 1180 g/mol. The standard InChI is InChI=1S/C36H32ClN5O5.C31H23ClN4O3/c1-36(2,3)46-35(45)41-47-31-17-30-32(25-10-6-5-9-24(25)31)22(18-37)19-42(30)34(44)29-16-21-14-23(12-13-27(21)40-29)38-33(43)28-15-20-8-4-7-11-26(20)39-28;32-15-19-16-36(27-14-28(37)21-6-2-3-7-22(21)29(19)27)31(39)26-13-18-11-20(9-10-24(18)35-26)33-30(38)25-12-17-5-1-4-8-23(17)34-25/h4-17,22,39-40H,18-19H2,1-3H3,(H,38,43)(H,41,45);1-14,19,34-35,37H,15-16H2,(H,33,38)/t22-;19-/m11/s1. The van der Waals surface area contributed by atoms with E-state index in [1.807, 2.05) is 133 Å². The van der Waals surface area contributed by atoms with Crippen molar-refractivity contribution in [3.63, 3.8) is 0 Å². The molecule has 0 radical (unpaired) electrons. The number of phenols is 1. The topological polar surface area (TPSA) is 230 Å². The summed E-state index contributed by atoms with van der Waals surface area (Å²) in [6.07, 6.45) is -0.733. The number of nitrogens with zero attached hydrogens (tertiary/aromatic N) is 2. The van der Waals surface area contributed by atoms with Gasteiger partial charge in [0.05, 0.1) is 11.4 Å². The zero-order valence-corrected chi connectivity index (χ0v) is 48.1. The van der Waals surface area contributed by atoms with E-state index in [0.29, 0.717) is 76.1 Å². The van der Waals surface area contributed by atoms with E-state index >= 15 is 0 Å². The van der Waals surface area contributed by atoms with Crippen LogP contribution in [0.1, 0.15) is 85.7 Å². The van der Waals surface area contributed by atoms with Gasteiger partial charge in [0.1, 0.15) is 34.1 Å². The highest BCUT2D eigenvalue weighted by atomic mass is 35.5. The number of phenolic OH excluding ortho intramolecular Hbond substituents is 1. The number of fused-ring (bicyclic) bond motifs is 10. The lowest BCUT2D eigenvalue weighted by molar-refractivity contribution is 0.0290. The quantitative estimate of drug-likeness (QED) is 0.0484. The normalized spacial score (nSPS) is 14.6. The lowest BCUT2D eigenvalue weighted by Crippen LogP contribution is -2.34. The Bertz CT molecular complexity index is 4660. The van der Waals surface area contributed by atoms with E-state index in [1.165, 1.54) is 0 Å². The number of para-hydroxylation sites is 2. The summed E-state index contributed by atoms with van der Waals surface area (Å²) < 4.78 is 5.32. The van der Waals surface area contributed by atoms with Gasteiger partial charge in [0, 0.05) is 115 Å². The Morgan fingerprint density at radius 3 is 1.42 bits per heavy atom. The van der Waals surface area contributed by atoms with Gasteiger partial charge in [0.2, 0.25) is 0 Å². The molecule has 17 nitrogen and oxygen atoms in total. The molecule has 0 aliphatic carbocycles. The van der Waals surface area contributed by atoms with Crippen molar-refractivity contribution in [1.82, 2.24) is 25.4 Å². The summed E-state index contributed by atoms with van der Waals surface area (Å²) in [5.41, 5.74) is 11.1. The number of benzene rings is 8. The molecule has 0 saturated heterocycles. The summed E-state index contributed by atoms with van der Waals surface area (Å²) in [4.78, 5) is 87.9. The molecule has 2 aliphatic rings. The second-order valence-electron chi connectivity index (χ2n) is 22.4. The SMILES string of the molecule is CC(C)(C)OC(=O)NOc1cc2c(c3ccccc13)[C@H](CCl)CN2C(=O)c1cc2cc(NC(=O)c3cc4ccccc4[nH]3)ccc2[nH]1.O=C(Nc1ccc2[nH]c(C(=O)N3C[C@@H](CCl)c4c3cc(O)c3ccccc43)cc2c1)c1cc2ccccc2[nH]1. The molecule has 8 aromatic carbocycles. The number of amides is 5. The van der Waals surface area contributed by atoms with Gasteiger partial charge in [-0.05, 0) is 115 Å². The molecule has 0 unspecified atom stereocenters. The third-order valence-corrected chi connectivity index (χ3v) is 16.3. The van der Waals surface area contributed by atoms with Crippen LogP contribution < -0.4 is 30.8 Å². The number of nitrogens with one attached hydrogen (secondary N) is 7. The number of rotatable bonds is 10. The van der Waals surface area contributed by atoms with Crippen LogP contribution in [0, 0.1) is 0 Å². The van der Waals surface area contributed by atoms with Gasteiger partial charge in [-0.15, -0.1) is 23.2 Å². The van der Waals surface area contributed by atoms with Crippen LogP contribution in [-0.2, 0) is 4.74 Å². The van der Waals surface area contributed by atoms with Gasteiger partial charge in [0.25, 0.3) is 23.6 Å². The van der Waals surface area contributed by atoms with Crippen molar-refractivity contribution in [2.24, 2.45) is 0 Å². The van der Waals surface area contributed by atoms with Crippen LogP contribution in [0.15, 0.2) is 170 Å².